The van der Waals surface area contributed by atoms with Crippen molar-refractivity contribution in [3.05, 3.63) is 46.0 Å². The van der Waals surface area contributed by atoms with E-state index in [2.05, 4.69) is 40.8 Å². The fourth-order valence-corrected chi connectivity index (χ4v) is 2.29. The summed E-state index contributed by atoms with van der Waals surface area (Å²) in [5.74, 6) is 0. The lowest BCUT2D eigenvalue weighted by molar-refractivity contribution is 0.728. The summed E-state index contributed by atoms with van der Waals surface area (Å²) >= 11 is 1.39. The zero-order valence-electron chi connectivity index (χ0n) is 9.47. The molecule has 0 saturated carbocycles. The molecule has 2 rings (SSSR count). The van der Waals surface area contributed by atoms with Crippen molar-refractivity contribution < 1.29 is 0 Å². The minimum absolute atomic E-state index is 0.00251. The molecule has 0 aliphatic heterocycles. The van der Waals surface area contributed by atoms with Crippen LogP contribution in [-0.2, 0) is 6.42 Å². The first-order valence-electron chi connectivity index (χ1n) is 5.27. The van der Waals surface area contributed by atoms with Crippen LogP contribution < -0.4 is 5.73 Å². The first-order chi connectivity index (χ1) is 7.66. The minimum Gasteiger partial charge on any atom is -0.323 e. The Morgan fingerprint density at radius 3 is 2.50 bits per heavy atom. The smallest absolute Gasteiger partial charge is 0.0772 e. The molecule has 2 aromatic rings. The molecule has 1 aromatic carbocycles. The Bertz CT molecular complexity index is 461. The summed E-state index contributed by atoms with van der Waals surface area (Å²) in [6.07, 6.45) is 0.838. The maximum atomic E-state index is 6.14. The van der Waals surface area contributed by atoms with E-state index >= 15 is 0 Å². The number of benzene rings is 1. The van der Waals surface area contributed by atoms with E-state index in [1.54, 1.807) is 0 Å². The van der Waals surface area contributed by atoms with Gasteiger partial charge >= 0.3 is 0 Å². The molecule has 84 valence electrons. The average Bonchev–Trinajstić information content (AvgIpc) is 2.68. The highest BCUT2D eigenvalue weighted by atomic mass is 32.1. The number of hydrogen-bond donors (Lipinski definition) is 1. The van der Waals surface area contributed by atoms with Crippen LogP contribution in [0.3, 0.4) is 0 Å². The van der Waals surface area contributed by atoms with Gasteiger partial charge in [-0.25, -0.2) is 0 Å². The molecule has 0 fully saturated rings. The Morgan fingerprint density at radius 2 is 1.94 bits per heavy atom. The van der Waals surface area contributed by atoms with Crippen LogP contribution >= 0.6 is 11.5 Å². The molecule has 1 aromatic heterocycles. The third-order valence-corrected chi connectivity index (χ3v) is 3.56. The van der Waals surface area contributed by atoms with Crippen molar-refractivity contribution in [3.63, 3.8) is 0 Å². The molecular formula is C12H15N3S. The van der Waals surface area contributed by atoms with Gasteiger partial charge in [-0.1, -0.05) is 34.3 Å². The highest BCUT2D eigenvalue weighted by molar-refractivity contribution is 7.05. The second kappa shape index (κ2) is 4.72. The van der Waals surface area contributed by atoms with Crippen molar-refractivity contribution in [2.75, 3.05) is 0 Å². The van der Waals surface area contributed by atoms with Crippen molar-refractivity contribution in [2.45, 2.75) is 26.3 Å². The number of aromatic nitrogens is 2. The minimum atomic E-state index is 0.00251. The molecule has 4 heteroatoms. The van der Waals surface area contributed by atoms with E-state index in [9.17, 15) is 0 Å². The largest absolute Gasteiger partial charge is 0.323 e. The van der Waals surface area contributed by atoms with Gasteiger partial charge in [0.2, 0.25) is 0 Å². The predicted molar refractivity (Wildman–Crippen MR) is 66.5 cm³/mol. The monoisotopic (exact) mass is 233 g/mol. The quantitative estimate of drug-likeness (QED) is 0.885. The standard InChI is InChI=1S/C12H15N3S/c1-8-3-5-10(6-4-8)7-11(13)12-9(2)14-15-16-12/h3-6,11H,7,13H2,1-2H3. The van der Waals surface area contributed by atoms with Crippen LogP contribution in [0, 0.1) is 13.8 Å². The molecule has 0 bridgehead atoms. The summed E-state index contributed by atoms with van der Waals surface area (Å²) in [4.78, 5) is 1.08. The number of nitrogens with zero attached hydrogens (tertiary/aromatic N) is 2. The lowest BCUT2D eigenvalue weighted by Crippen LogP contribution is -2.13. The third kappa shape index (κ3) is 2.46. The van der Waals surface area contributed by atoms with Crippen molar-refractivity contribution in [1.29, 1.82) is 0 Å². The maximum absolute atomic E-state index is 6.14. The maximum Gasteiger partial charge on any atom is 0.0772 e. The van der Waals surface area contributed by atoms with Gasteiger partial charge in [-0.15, -0.1) is 5.10 Å². The number of rotatable bonds is 3. The summed E-state index contributed by atoms with van der Waals surface area (Å²) in [7, 11) is 0. The van der Waals surface area contributed by atoms with Gasteiger partial charge in [0.15, 0.2) is 0 Å². The average molecular weight is 233 g/mol. The second-order valence-electron chi connectivity index (χ2n) is 4.02. The summed E-state index contributed by atoms with van der Waals surface area (Å²) < 4.78 is 3.91. The third-order valence-electron chi connectivity index (χ3n) is 2.60. The van der Waals surface area contributed by atoms with Crippen LogP contribution in [0.25, 0.3) is 0 Å². The van der Waals surface area contributed by atoms with Crippen molar-refractivity contribution in [2.24, 2.45) is 5.73 Å². The van der Waals surface area contributed by atoms with E-state index in [0.29, 0.717) is 0 Å². The molecule has 1 heterocycles. The van der Waals surface area contributed by atoms with Gasteiger partial charge in [0.05, 0.1) is 10.6 Å². The topological polar surface area (TPSA) is 51.8 Å². The van der Waals surface area contributed by atoms with Crippen LogP contribution in [0.1, 0.15) is 27.7 Å². The van der Waals surface area contributed by atoms with Crippen LogP contribution in [0.5, 0.6) is 0 Å². The summed E-state index contributed by atoms with van der Waals surface area (Å²) in [6, 6.07) is 8.47. The molecule has 0 amide bonds. The van der Waals surface area contributed by atoms with Gasteiger partial charge in [0, 0.05) is 6.04 Å². The molecular weight excluding hydrogens is 218 g/mol. The Labute approximate surface area is 99.5 Å². The molecule has 0 radical (unpaired) electrons. The zero-order valence-corrected chi connectivity index (χ0v) is 10.3. The van der Waals surface area contributed by atoms with Crippen LogP contribution in [0.4, 0.5) is 0 Å². The molecule has 16 heavy (non-hydrogen) atoms. The Kier molecular flexibility index (Phi) is 3.31. The molecule has 0 spiro atoms. The fourth-order valence-electron chi connectivity index (χ4n) is 1.65. The Morgan fingerprint density at radius 1 is 1.25 bits per heavy atom. The van der Waals surface area contributed by atoms with E-state index in [-0.39, 0.29) is 6.04 Å². The molecule has 0 saturated heterocycles. The normalized spacial score (nSPS) is 12.7. The van der Waals surface area contributed by atoms with E-state index in [1.807, 2.05) is 6.92 Å². The van der Waals surface area contributed by atoms with E-state index in [4.69, 9.17) is 5.73 Å². The summed E-state index contributed by atoms with van der Waals surface area (Å²) in [5.41, 5.74) is 9.62. The van der Waals surface area contributed by atoms with Gasteiger partial charge in [-0.2, -0.15) is 0 Å². The predicted octanol–water partition coefficient (Wildman–Crippen LogP) is 2.40. The van der Waals surface area contributed by atoms with Crippen molar-refractivity contribution >= 4 is 11.5 Å². The lowest BCUT2D eigenvalue weighted by Gasteiger charge is -2.09. The molecule has 1 unspecified atom stereocenters. The number of nitrogens with two attached hydrogens (primary N) is 1. The van der Waals surface area contributed by atoms with Gasteiger partial charge in [-0.3, -0.25) is 0 Å². The SMILES string of the molecule is Cc1ccc(CC(N)c2snnc2C)cc1. The second-order valence-corrected chi connectivity index (χ2v) is 4.80. The number of hydrogen-bond acceptors (Lipinski definition) is 4. The molecule has 1 atom stereocenters. The van der Waals surface area contributed by atoms with E-state index in [0.717, 1.165) is 17.0 Å². The van der Waals surface area contributed by atoms with E-state index < -0.39 is 0 Å². The highest BCUT2D eigenvalue weighted by Gasteiger charge is 2.13. The molecule has 0 aliphatic carbocycles. The first-order valence-corrected chi connectivity index (χ1v) is 6.04. The van der Waals surface area contributed by atoms with E-state index in [1.165, 1.54) is 22.7 Å². The fraction of sp³-hybridized carbons (Fsp3) is 0.333. The van der Waals surface area contributed by atoms with Crippen molar-refractivity contribution in [1.82, 2.24) is 9.59 Å². The summed E-state index contributed by atoms with van der Waals surface area (Å²) in [5, 5.41) is 3.98. The molecule has 0 aliphatic rings. The zero-order chi connectivity index (χ0) is 11.5. The Balaban J connectivity index is 2.10. The van der Waals surface area contributed by atoms with Crippen LogP contribution in [0.2, 0.25) is 0 Å². The summed E-state index contributed by atoms with van der Waals surface area (Å²) in [6.45, 7) is 4.04. The van der Waals surface area contributed by atoms with Crippen LogP contribution in [0.15, 0.2) is 24.3 Å². The molecule has 3 nitrogen and oxygen atoms in total. The van der Waals surface area contributed by atoms with Gasteiger partial charge < -0.3 is 5.73 Å². The highest BCUT2D eigenvalue weighted by Crippen LogP contribution is 2.21. The molecule has 2 N–H and O–H groups in total. The van der Waals surface area contributed by atoms with Gasteiger partial charge in [-0.05, 0) is 37.4 Å². The van der Waals surface area contributed by atoms with Crippen LogP contribution in [-0.4, -0.2) is 9.59 Å². The first kappa shape index (κ1) is 11.2. The van der Waals surface area contributed by atoms with Gasteiger partial charge in [0.1, 0.15) is 0 Å². The lowest BCUT2D eigenvalue weighted by atomic mass is 10.0. The number of aryl methyl sites for hydroxylation is 2. The van der Waals surface area contributed by atoms with Crippen molar-refractivity contribution in [3.8, 4) is 0 Å². The van der Waals surface area contributed by atoms with Gasteiger partial charge in [0.25, 0.3) is 0 Å². The Hall–Kier alpha value is -1.26.